The molecular weight excluding hydrogens is 431 g/mol. The average Bonchev–Trinajstić information content (AvgIpc) is 3.18. The summed E-state index contributed by atoms with van der Waals surface area (Å²) in [5.74, 6) is -2.18. The summed E-state index contributed by atoms with van der Waals surface area (Å²) in [6.07, 6.45) is -4.08. The Labute approximate surface area is 182 Å². The molecule has 0 N–H and O–H groups in total. The van der Waals surface area contributed by atoms with Crippen molar-refractivity contribution in [1.82, 2.24) is 14.7 Å². The lowest BCUT2D eigenvalue weighted by molar-refractivity contribution is -0.144. The van der Waals surface area contributed by atoms with Gasteiger partial charge in [-0.05, 0) is 52.0 Å². The first-order valence-corrected chi connectivity index (χ1v) is 9.90. The molecule has 2 rings (SSSR count). The van der Waals surface area contributed by atoms with Gasteiger partial charge >= 0.3 is 18.1 Å². The van der Waals surface area contributed by atoms with Gasteiger partial charge in [-0.2, -0.15) is 18.3 Å². The highest BCUT2D eigenvalue weighted by atomic mass is 19.4. The topological polar surface area (TPSA) is 90.7 Å². The highest BCUT2D eigenvalue weighted by Gasteiger charge is 2.41. The maximum atomic E-state index is 13.6. The van der Waals surface area contributed by atoms with E-state index in [1.165, 1.54) is 36.1 Å². The van der Waals surface area contributed by atoms with E-state index in [0.29, 0.717) is 4.68 Å². The van der Waals surface area contributed by atoms with Crippen LogP contribution < -0.4 is 0 Å². The summed E-state index contributed by atoms with van der Waals surface area (Å²) in [6.45, 7) is 6.41. The molecule has 0 spiro atoms. The molecule has 32 heavy (non-hydrogen) atoms. The minimum Gasteiger partial charge on any atom is -0.465 e. The SMILES string of the molecule is CCOC(=O)CN(C(=O)c1ccc(-n2ncc(C(=O)OCC)c2C(F)(F)F)cc1)C(C)C. The third-order valence-electron chi connectivity index (χ3n) is 4.38. The Morgan fingerprint density at radius 3 is 2.16 bits per heavy atom. The number of aromatic nitrogens is 2. The third-order valence-corrected chi connectivity index (χ3v) is 4.38. The highest BCUT2D eigenvalue weighted by Crippen LogP contribution is 2.34. The molecule has 0 aliphatic heterocycles. The van der Waals surface area contributed by atoms with Crippen molar-refractivity contribution in [2.75, 3.05) is 19.8 Å². The molecule has 0 radical (unpaired) electrons. The van der Waals surface area contributed by atoms with Gasteiger partial charge in [0.25, 0.3) is 5.91 Å². The number of hydrogen-bond donors (Lipinski definition) is 0. The minimum atomic E-state index is -4.87. The van der Waals surface area contributed by atoms with E-state index in [2.05, 4.69) is 9.84 Å². The lowest BCUT2D eigenvalue weighted by Crippen LogP contribution is -2.41. The Hall–Kier alpha value is -3.37. The van der Waals surface area contributed by atoms with E-state index in [1.54, 1.807) is 20.8 Å². The molecule has 0 aliphatic carbocycles. The van der Waals surface area contributed by atoms with Gasteiger partial charge in [0.1, 0.15) is 12.1 Å². The van der Waals surface area contributed by atoms with Crippen molar-refractivity contribution < 1.29 is 37.0 Å². The summed E-state index contributed by atoms with van der Waals surface area (Å²) in [6, 6.07) is 4.87. The zero-order chi connectivity index (χ0) is 24.1. The van der Waals surface area contributed by atoms with Crippen LogP contribution in [0, 0.1) is 0 Å². The van der Waals surface area contributed by atoms with E-state index in [4.69, 9.17) is 4.74 Å². The fourth-order valence-electron chi connectivity index (χ4n) is 2.92. The van der Waals surface area contributed by atoms with Crippen molar-refractivity contribution in [2.45, 2.75) is 39.9 Å². The Bertz CT molecular complexity index is 968. The van der Waals surface area contributed by atoms with Gasteiger partial charge in [-0.25, -0.2) is 9.48 Å². The molecule has 0 atom stereocenters. The molecule has 1 amide bonds. The lowest BCUT2D eigenvalue weighted by Gasteiger charge is -2.25. The van der Waals surface area contributed by atoms with Gasteiger partial charge < -0.3 is 14.4 Å². The van der Waals surface area contributed by atoms with Crippen LogP contribution in [-0.4, -0.2) is 58.3 Å². The average molecular weight is 455 g/mol. The number of nitrogens with zero attached hydrogens (tertiary/aromatic N) is 3. The minimum absolute atomic E-state index is 0.00841. The molecule has 174 valence electrons. The van der Waals surface area contributed by atoms with E-state index < -0.39 is 35.3 Å². The standard InChI is InChI=1S/C21H24F3N3O5/c1-5-31-17(28)12-26(13(3)4)19(29)14-7-9-15(10-8-14)27-18(21(22,23)24)16(11-25-27)20(30)32-6-2/h7-11,13H,5-6,12H2,1-4H3. The summed E-state index contributed by atoms with van der Waals surface area (Å²) in [4.78, 5) is 37.8. The fourth-order valence-corrected chi connectivity index (χ4v) is 2.92. The van der Waals surface area contributed by atoms with Gasteiger partial charge in [-0.1, -0.05) is 0 Å². The number of amides is 1. The quantitative estimate of drug-likeness (QED) is 0.566. The monoisotopic (exact) mass is 455 g/mol. The summed E-state index contributed by atoms with van der Waals surface area (Å²) in [7, 11) is 0. The van der Waals surface area contributed by atoms with Gasteiger partial charge in [0.2, 0.25) is 0 Å². The van der Waals surface area contributed by atoms with E-state index >= 15 is 0 Å². The van der Waals surface area contributed by atoms with Crippen LogP contribution in [0.1, 0.15) is 54.1 Å². The number of rotatable bonds is 8. The second-order valence-electron chi connectivity index (χ2n) is 6.92. The Balaban J connectivity index is 2.37. The first kappa shape index (κ1) is 24.9. The van der Waals surface area contributed by atoms with Crippen molar-refractivity contribution in [3.8, 4) is 5.69 Å². The third kappa shape index (κ3) is 5.65. The molecule has 0 fully saturated rings. The van der Waals surface area contributed by atoms with Gasteiger partial charge in [0.05, 0.1) is 25.1 Å². The molecule has 1 aromatic carbocycles. The maximum absolute atomic E-state index is 13.6. The van der Waals surface area contributed by atoms with E-state index in [0.717, 1.165) is 6.20 Å². The Morgan fingerprint density at radius 2 is 1.66 bits per heavy atom. The Morgan fingerprint density at radius 1 is 1.06 bits per heavy atom. The van der Waals surface area contributed by atoms with Crippen molar-refractivity contribution in [3.05, 3.63) is 47.3 Å². The molecule has 2 aromatic rings. The van der Waals surface area contributed by atoms with Crippen molar-refractivity contribution in [1.29, 1.82) is 0 Å². The number of ether oxygens (including phenoxy) is 2. The first-order valence-electron chi connectivity index (χ1n) is 9.90. The zero-order valence-electron chi connectivity index (χ0n) is 18.1. The van der Waals surface area contributed by atoms with Gasteiger partial charge in [0, 0.05) is 11.6 Å². The van der Waals surface area contributed by atoms with Gasteiger partial charge in [-0.3, -0.25) is 9.59 Å². The van der Waals surface area contributed by atoms with Crippen LogP contribution in [0.5, 0.6) is 0 Å². The zero-order valence-corrected chi connectivity index (χ0v) is 18.1. The molecule has 11 heteroatoms. The summed E-state index contributed by atoms with van der Waals surface area (Å²) in [5, 5.41) is 3.69. The predicted octanol–water partition coefficient (Wildman–Crippen LogP) is 3.48. The predicted molar refractivity (Wildman–Crippen MR) is 107 cm³/mol. The number of hydrogen-bond acceptors (Lipinski definition) is 6. The van der Waals surface area contributed by atoms with Crippen molar-refractivity contribution in [2.24, 2.45) is 0 Å². The van der Waals surface area contributed by atoms with Crippen LogP contribution in [0.4, 0.5) is 13.2 Å². The summed E-state index contributed by atoms with van der Waals surface area (Å²) in [5.41, 5.74) is -1.83. The van der Waals surface area contributed by atoms with E-state index in [9.17, 15) is 27.6 Å². The molecule has 1 aromatic heterocycles. The first-order chi connectivity index (χ1) is 15.0. The maximum Gasteiger partial charge on any atom is 0.434 e. The van der Waals surface area contributed by atoms with Gasteiger partial charge in [0.15, 0.2) is 5.69 Å². The lowest BCUT2D eigenvalue weighted by atomic mass is 10.1. The smallest absolute Gasteiger partial charge is 0.434 e. The molecule has 0 bridgehead atoms. The molecular formula is C21H24F3N3O5. The largest absolute Gasteiger partial charge is 0.465 e. The highest BCUT2D eigenvalue weighted by molar-refractivity contribution is 5.96. The summed E-state index contributed by atoms with van der Waals surface area (Å²) >= 11 is 0. The number of halogens is 3. The van der Waals surface area contributed by atoms with Crippen LogP contribution in [0.25, 0.3) is 5.69 Å². The number of benzene rings is 1. The normalized spacial score (nSPS) is 11.4. The van der Waals surface area contributed by atoms with Crippen LogP contribution >= 0.6 is 0 Å². The second-order valence-corrected chi connectivity index (χ2v) is 6.92. The van der Waals surface area contributed by atoms with Crippen molar-refractivity contribution in [3.63, 3.8) is 0 Å². The number of carbonyl (C=O) groups is 3. The molecule has 8 nitrogen and oxygen atoms in total. The van der Waals surface area contributed by atoms with Crippen LogP contribution in [0.15, 0.2) is 30.5 Å². The van der Waals surface area contributed by atoms with E-state index in [1.807, 2.05) is 0 Å². The molecule has 0 unspecified atom stereocenters. The summed E-state index contributed by atoms with van der Waals surface area (Å²) < 4.78 is 51.1. The fraction of sp³-hybridized carbons (Fsp3) is 0.429. The van der Waals surface area contributed by atoms with E-state index in [-0.39, 0.29) is 37.1 Å². The number of esters is 2. The van der Waals surface area contributed by atoms with Crippen LogP contribution in [0.3, 0.4) is 0 Å². The van der Waals surface area contributed by atoms with Gasteiger partial charge in [-0.15, -0.1) is 0 Å². The molecule has 0 saturated carbocycles. The number of carbonyl (C=O) groups excluding carboxylic acids is 3. The Kier molecular flexibility index (Phi) is 8.01. The molecule has 0 saturated heterocycles. The number of alkyl halides is 3. The van der Waals surface area contributed by atoms with Crippen LogP contribution in [0.2, 0.25) is 0 Å². The molecule has 0 aliphatic rings. The van der Waals surface area contributed by atoms with Crippen molar-refractivity contribution >= 4 is 17.8 Å². The van der Waals surface area contributed by atoms with Crippen LogP contribution in [-0.2, 0) is 20.4 Å². The second kappa shape index (κ2) is 10.3. The molecule has 1 heterocycles.